The lowest BCUT2D eigenvalue weighted by atomic mass is 10.1. The number of amides is 2. The lowest BCUT2D eigenvalue weighted by Crippen LogP contribution is -2.31. The molecule has 0 radical (unpaired) electrons. The molecule has 0 fully saturated rings. The van der Waals surface area contributed by atoms with Gasteiger partial charge in [-0.05, 0) is 12.5 Å². The number of nitrogens with zero attached hydrogens (tertiary/aromatic N) is 1. The van der Waals surface area contributed by atoms with Gasteiger partial charge in [0.1, 0.15) is 13.2 Å². The summed E-state index contributed by atoms with van der Waals surface area (Å²) in [5, 5.41) is 17.1. The first-order valence-electron chi connectivity index (χ1n) is 14.0. The second-order valence-corrected chi connectivity index (χ2v) is 8.77. The predicted octanol–water partition coefficient (Wildman–Crippen LogP) is 0.947. The van der Waals surface area contributed by atoms with Crippen molar-refractivity contribution in [3.05, 3.63) is 27.8 Å². The summed E-state index contributed by atoms with van der Waals surface area (Å²) in [6.07, 6.45) is 2.36. The zero-order chi connectivity index (χ0) is 30.8. The molecule has 15 nitrogen and oxygen atoms in total. The molecule has 0 heterocycles. The molecule has 0 aliphatic rings. The zero-order valence-corrected chi connectivity index (χ0v) is 24.7. The van der Waals surface area contributed by atoms with Gasteiger partial charge in [0.15, 0.2) is 11.5 Å². The molecule has 1 aromatic carbocycles. The minimum atomic E-state index is -0.556. The van der Waals surface area contributed by atoms with E-state index in [0.717, 1.165) is 12.8 Å². The van der Waals surface area contributed by atoms with Crippen LogP contribution in [0.3, 0.4) is 0 Å². The Hall–Kier alpha value is -3.08. The summed E-state index contributed by atoms with van der Waals surface area (Å²) in [5.74, 6) is 0.0949. The molecular formula is C27H46N4O11. The third kappa shape index (κ3) is 17.7. The number of unbranched alkanes of at least 4 members (excludes halogenated alkanes) is 1. The van der Waals surface area contributed by atoms with Crippen LogP contribution in [-0.4, -0.2) is 110 Å². The maximum atomic E-state index is 12.0. The molecule has 0 aromatic heterocycles. The van der Waals surface area contributed by atoms with E-state index in [1.807, 2.05) is 6.92 Å². The first kappa shape index (κ1) is 36.9. The largest absolute Gasteiger partial charge is 0.493 e. The fraction of sp³-hybridized carbons (Fsp3) is 0.704. The van der Waals surface area contributed by atoms with Gasteiger partial charge in [-0.25, -0.2) is 0 Å². The smallest absolute Gasteiger partial charge is 0.278 e. The molecule has 2 amide bonds. The Balaban J connectivity index is 2.33. The molecular weight excluding hydrogens is 556 g/mol. The Morgan fingerprint density at radius 3 is 2.02 bits per heavy atom. The van der Waals surface area contributed by atoms with Gasteiger partial charge in [0, 0.05) is 26.1 Å². The van der Waals surface area contributed by atoms with E-state index in [1.165, 1.54) is 19.2 Å². The molecule has 0 bridgehead atoms. The van der Waals surface area contributed by atoms with Gasteiger partial charge in [0.05, 0.1) is 83.1 Å². The summed E-state index contributed by atoms with van der Waals surface area (Å²) in [7, 11) is 1.42. The Morgan fingerprint density at radius 2 is 1.43 bits per heavy atom. The van der Waals surface area contributed by atoms with Crippen molar-refractivity contribution in [2.75, 3.05) is 92.8 Å². The van der Waals surface area contributed by atoms with Gasteiger partial charge in [-0.3, -0.25) is 19.7 Å². The lowest BCUT2D eigenvalue weighted by Gasteiger charge is -2.13. The molecule has 0 atom stereocenters. The van der Waals surface area contributed by atoms with E-state index < -0.39 is 4.92 Å². The van der Waals surface area contributed by atoms with E-state index in [1.54, 1.807) is 0 Å². The molecule has 0 saturated carbocycles. The van der Waals surface area contributed by atoms with Gasteiger partial charge in [-0.1, -0.05) is 13.3 Å². The van der Waals surface area contributed by atoms with Crippen LogP contribution in [0, 0.1) is 10.1 Å². The highest BCUT2D eigenvalue weighted by molar-refractivity contribution is 5.77. The highest BCUT2D eigenvalue weighted by Crippen LogP contribution is 2.35. The monoisotopic (exact) mass is 602 g/mol. The number of carbonyl (C=O) groups is 2. The average Bonchev–Trinajstić information content (AvgIpc) is 2.98. The van der Waals surface area contributed by atoms with Crippen molar-refractivity contribution in [3.63, 3.8) is 0 Å². The topological polar surface area (TPSA) is 192 Å². The number of methoxy groups -OCH3 is 1. The van der Waals surface area contributed by atoms with E-state index >= 15 is 0 Å². The van der Waals surface area contributed by atoms with E-state index in [2.05, 4.69) is 10.6 Å². The highest BCUT2D eigenvalue weighted by Gasteiger charge is 2.20. The number of nitrogens with two attached hydrogens (primary N) is 1. The molecule has 15 heteroatoms. The van der Waals surface area contributed by atoms with Crippen molar-refractivity contribution >= 4 is 17.5 Å². The Bertz CT molecular complexity index is 905. The Labute approximate surface area is 246 Å². The van der Waals surface area contributed by atoms with E-state index in [0.29, 0.717) is 65.8 Å². The summed E-state index contributed by atoms with van der Waals surface area (Å²) < 4.78 is 37.7. The molecule has 0 aliphatic carbocycles. The first-order chi connectivity index (χ1) is 20.4. The number of nitro groups is 1. The van der Waals surface area contributed by atoms with Crippen LogP contribution >= 0.6 is 0 Å². The van der Waals surface area contributed by atoms with Crippen molar-refractivity contribution in [2.45, 2.75) is 32.8 Å². The van der Waals surface area contributed by atoms with Crippen molar-refractivity contribution in [2.24, 2.45) is 5.73 Å². The van der Waals surface area contributed by atoms with Gasteiger partial charge >= 0.3 is 0 Å². The van der Waals surface area contributed by atoms with Crippen LogP contribution in [0.2, 0.25) is 0 Å². The quantitative estimate of drug-likeness (QED) is 0.0735. The number of carbonyl (C=O) groups excluding carboxylic acids is 2. The van der Waals surface area contributed by atoms with Crippen LogP contribution in [0.4, 0.5) is 5.69 Å². The fourth-order valence-electron chi connectivity index (χ4n) is 3.34. The summed E-state index contributed by atoms with van der Waals surface area (Å²) in [4.78, 5) is 34.6. The highest BCUT2D eigenvalue weighted by atomic mass is 16.6. The second-order valence-electron chi connectivity index (χ2n) is 8.77. The fourth-order valence-corrected chi connectivity index (χ4v) is 3.34. The van der Waals surface area contributed by atoms with Crippen molar-refractivity contribution in [1.82, 2.24) is 10.6 Å². The molecule has 0 unspecified atom stereocenters. The van der Waals surface area contributed by atoms with Gasteiger partial charge in [-0.15, -0.1) is 0 Å². The minimum Gasteiger partial charge on any atom is -0.493 e. The van der Waals surface area contributed by atoms with Crippen LogP contribution in [0.25, 0.3) is 0 Å². The van der Waals surface area contributed by atoms with Crippen LogP contribution in [0.15, 0.2) is 12.1 Å². The predicted molar refractivity (Wildman–Crippen MR) is 153 cm³/mol. The van der Waals surface area contributed by atoms with Gasteiger partial charge in [0.25, 0.3) is 5.69 Å². The molecule has 240 valence electrons. The van der Waals surface area contributed by atoms with Crippen molar-refractivity contribution in [1.29, 1.82) is 0 Å². The van der Waals surface area contributed by atoms with Crippen LogP contribution in [0.1, 0.15) is 31.7 Å². The minimum absolute atomic E-state index is 0.0203. The van der Waals surface area contributed by atoms with Crippen LogP contribution < -0.4 is 25.8 Å². The summed E-state index contributed by atoms with van der Waals surface area (Å²) >= 11 is 0. The first-order valence-corrected chi connectivity index (χ1v) is 14.0. The van der Waals surface area contributed by atoms with Crippen LogP contribution in [0.5, 0.6) is 11.5 Å². The molecule has 42 heavy (non-hydrogen) atoms. The second kappa shape index (κ2) is 24.5. The molecule has 0 saturated heterocycles. The molecule has 0 spiro atoms. The summed E-state index contributed by atoms with van der Waals surface area (Å²) in [6, 6.07) is 2.70. The van der Waals surface area contributed by atoms with Gasteiger partial charge in [0.2, 0.25) is 11.8 Å². The molecule has 1 rings (SSSR count). The average molecular weight is 603 g/mol. The molecule has 1 aromatic rings. The number of nitro benzene ring substituents is 1. The maximum absolute atomic E-state index is 12.0. The van der Waals surface area contributed by atoms with Gasteiger partial charge < -0.3 is 49.5 Å². The number of hydrogen-bond acceptors (Lipinski definition) is 12. The van der Waals surface area contributed by atoms with E-state index in [4.69, 9.17) is 38.9 Å². The number of benzene rings is 1. The third-order valence-electron chi connectivity index (χ3n) is 5.44. The Kier molecular flexibility index (Phi) is 21.6. The van der Waals surface area contributed by atoms with E-state index in [-0.39, 0.29) is 67.5 Å². The maximum Gasteiger partial charge on any atom is 0.278 e. The summed E-state index contributed by atoms with van der Waals surface area (Å²) in [5.41, 5.74) is 5.32. The third-order valence-corrected chi connectivity index (χ3v) is 5.44. The van der Waals surface area contributed by atoms with Crippen molar-refractivity contribution < 1.29 is 47.7 Å². The van der Waals surface area contributed by atoms with Crippen molar-refractivity contribution in [3.8, 4) is 11.5 Å². The normalized spacial score (nSPS) is 10.8. The lowest BCUT2D eigenvalue weighted by molar-refractivity contribution is -0.386. The number of hydrogen-bond donors (Lipinski definition) is 3. The molecule has 0 aliphatic heterocycles. The molecule has 4 N–H and O–H groups in total. The number of nitrogens with one attached hydrogen (secondary N) is 2. The zero-order valence-electron chi connectivity index (χ0n) is 24.7. The van der Waals surface area contributed by atoms with E-state index in [9.17, 15) is 19.7 Å². The number of ether oxygens (including phenoxy) is 7. The van der Waals surface area contributed by atoms with Crippen LogP contribution in [-0.2, 0) is 39.9 Å². The van der Waals surface area contributed by atoms with Gasteiger partial charge in [-0.2, -0.15) is 0 Å². The Morgan fingerprint density at radius 1 is 0.833 bits per heavy atom. The summed E-state index contributed by atoms with van der Waals surface area (Å²) in [6.45, 7) is 5.75. The number of rotatable bonds is 27. The SMILES string of the molecule is CCCCC(=O)NCCOCCOCCOc1cc([N+](=O)[O-])c(COCC(=O)NCCOCCOCCN)cc1OC. The standard InChI is InChI=1S/C27H46N4O11/c1-3-4-5-26(32)29-7-10-38-14-15-40-16-17-42-25-19-23(31(34)35)22(18-24(25)36-2)20-41-21-27(33)30-8-11-39-13-12-37-9-6-28/h18-19H,3-17,20-21,28H2,1-2H3,(H,29,32)(H,30,33).